The summed E-state index contributed by atoms with van der Waals surface area (Å²) in [4.78, 5) is 26.4. The molecular weight excluding hydrogens is 220 g/mol. The van der Waals surface area contributed by atoms with Gasteiger partial charge in [-0.05, 0) is 19.1 Å². The molecule has 1 unspecified atom stereocenters. The number of terminal acetylenes is 1. The minimum atomic E-state index is -1.16. The Labute approximate surface area is 98.9 Å². The number of aryl methyl sites for hydroxylation is 1. The summed E-state index contributed by atoms with van der Waals surface area (Å²) in [6, 6.07) is 2.17. The molecule has 0 aliphatic heterocycles. The highest BCUT2D eigenvalue weighted by Crippen LogP contribution is 2.01. The second-order valence-electron chi connectivity index (χ2n) is 3.46. The minimum absolute atomic E-state index is 0.0552. The lowest BCUT2D eigenvalue weighted by Gasteiger charge is -2.11. The van der Waals surface area contributed by atoms with Gasteiger partial charge in [-0.25, -0.2) is 4.79 Å². The highest BCUT2D eigenvalue weighted by molar-refractivity contribution is 5.96. The number of carbonyl (C=O) groups is 2. The number of nitrogens with zero attached hydrogens (tertiary/aromatic N) is 1. The third kappa shape index (κ3) is 3.61. The van der Waals surface area contributed by atoms with Crippen molar-refractivity contribution >= 4 is 11.9 Å². The molecule has 1 aromatic heterocycles. The van der Waals surface area contributed by atoms with Crippen molar-refractivity contribution in [2.24, 2.45) is 0 Å². The lowest BCUT2D eigenvalue weighted by atomic mass is 10.2. The van der Waals surface area contributed by atoms with Crippen LogP contribution < -0.4 is 5.32 Å². The number of carboxylic acid groups (broad SMARTS) is 1. The van der Waals surface area contributed by atoms with Crippen molar-refractivity contribution in [3.8, 4) is 12.3 Å². The minimum Gasteiger partial charge on any atom is -0.480 e. The number of hydrogen-bond acceptors (Lipinski definition) is 3. The van der Waals surface area contributed by atoms with Crippen molar-refractivity contribution in [3.63, 3.8) is 0 Å². The largest absolute Gasteiger partial charge is 0.480 e. The van der Waals surface area contributed by atoms with Crippen LogP contribution in [0.2, 0.25) is 0 Å². The number of rotatable bonds is 4. The van der Waals surface area contributed by atoms with Crippen LogP contribution in [0.25, 0.3) is 0 Å². The molecule has 0 aromatic carbocycles. The second kappa shape index (κ2) is 5.66. The van der Waals surface area contributed by atoms with Crippen LogP contribution >= 0.6 is 0 Å². The number of pyridine rings is 1. The summed E-state index contributed by atoms with van der Waals surface area (Å²) in [5, 5.41) is 11.2. The van der Waals surface area contributed by atoms with Crippen LogP contribution in [0, 0.1) is 19.3 Å². The van der Waals surface area contributed by atoms with E-state index in [1.54, 1.807) is 19.1 Å². The van der Waals surface area contributed by atoms with Crippen molar-refractivity contribution in [1.82, 2.24) is 10.3 Å². The van der Waals surface area contributed by atoms with Gasteiger partial charge in [-0.15, -0.1) is 12.3 Å². The fourth-order valence-corrected chi connectivity index (χ4v) is 1.16. The van der Waals surface area contributed by atoms with E-state index < -0.39 is 17.9 Å². The Kier molecular flexibility index (Phi) is 4.23. The maximum absolute atomic E-state index is 11.7. The van der Waals surface area contributed by atoms with Crippen molar-refractivity contribution in [1.29, 1.82) is 0 Å². The van der Waals surface area contributed by atoms with E-state index in [-0.39, 0.29) is 6.42 Å². The van der Waals surface area contributed by atoms with Gasteiger partial charge < -0.3 is 10.4 Å². The van der Waals surface area contributed by atoms with Crippen LogP contribution in [0.3, 0.4) is 0 Å². The zero-order valence-corrected chi connectivity index (χ0v) is 9.30. The molecule has 0 fully saturated rings. The van der Waals surface area contributed by atoms with Crippen molar-refractivity contribution < 1.29 is 14.7 Å². The summed E-state index contributed by atoms with van der Waals surface area (Å²) >= 11 is 0. The Morgan fingerprint density at radius 1 is 1.59 bits per heavy atom. The summed E-state index contributed by atoms with van der Waals surface area (Å²) in [6.45, 7) is 1.79. The lowest BCUT2D eigenvalue weighted by molar-refractivity contribution is -0.139. The van der Waals surface area contributed by atoms with Crippen molar-refractivity contribution in [2.75, 3.05) is 0 Å². The Balaban J connectivity index is 2.74. The summed E-state index contributed by atoms with van der Waals surface area (Å²) in [5.41, 5.74) is 1.08. The molecule has 5 heteroatoms. The highest BCUT2D eigenvalue weighted by Gasteiger charge is 2.19. The van der Waals surface area contributed by atoms with Crippen LogP contribution in [-0.4, -0.2) is 28.0 Å². The maximum atomic E-state index is 11.7. The van der Waals surface area contributed by atoms with E-state index in [1.807, 2.05) is 0 Å². The van der Waals surface area contributed by atoms with Crippen molar-refractivity contribution in [3.05, 3.63) is 29.6 Å². The Hall–Kier alpha value is -2.35. The van der Waals surface area contributed by atoms with E-state index >= 15 is 0 Å². The summed E-state index contributed by atoms with van der Waals surface area (Å²) < 4.78 is 0. The van der Waals surface area contributed by atoms with Crippen LogP contribution in [0.1, 0.15) is 22.5 Å². The second-order valence-corrected chi connectivity index (χ2v) is 3.46. The SMILES string of the molecule is C#CCC(NC(=O)c1ccc(C)nc1)C(=O)O. The molecule has 0 aliphatic rings. The van der Waals surface area contributed by atoms with Crippen LogP contribution in [-0.2, 0) is 4.79 Å². The third-order valence-corrected chi connectivity index (χ3v) is 2.10. The highest BCUT2D eigenvalue weighted by atomic mass is 16.4. The maximum Gasteiger partial charge on any atom is 0.327 e. The molecule has 0 radical (unpaired) electrons. The van der Waals surface area contributed by atoms with E-state index in [0.717, 1.165) is 5.69 Å². The molecule has 2 N–H and O–H groups in total. The summed E-state index contributed by atoms with van der Waals surface area (Å²) in [7, 11) is 0. The zero-order valence-electron chi connectivity index (χ0n) is 9.30. The summed E-state index contributed by atoms with van der Waals surface area (Å²) in [6.07, 6.45) is 6.36. The molecular formula is C12H12N2O3. The number of aliphatic carboxylic acids is 1. The summed E-state index contributed by atoms with van der Waals surface area (Å²) in [5.74, 6) is 0.548. The molecule has 0 bridgehead atoms. The average Bonchev–Trinajstić information content (AvgIpc) is 2.29. The Morgan fingerprint density at radius 2 is 2.29 bits per heavy atom. The topological polar surface area (TPSA) is 79.3 Å². The smallest absolute Gasteiger partial charge is 0.327 e. The third-order valence-electron chi connectivity index (χ3n) is 2.10. The molecule has 0 spiro atoms. The molecule has 1 heterocycles. The van der Waals surface area contributed by atoms with Gasteiger partial charge in [-0.1, -0.05) is 0 Å². The standard InChI is InChI=1S/C12H12N2O3/c1-3-4-10(12(16)17)14-11(15)9-6-5-8(2)13-7-9/h1,5-7,10H,4H2,2H3,(H,14,15)(H,16,17). The average molecular weight is 232 g/mol. The van der Waals surface area contributed by atoms with Gasteiger partial charge in [0.1, 0.15) is 6.04 Å². The van der Waals surface area contributed by atoms with Gasteiger partial charge in [0.05, 0.1) is 5.56 Å². The van der Waals surface area contributed by atoms with Gasteiger partial charge in [0.25, 0.3) is 5.91 Å². The first kappa shape index (κ1) is 12.7. The van der Waals surface area contributed by atoms with Gasteiger partial charge in [0.15, 0.2) is 0 Å². The van der Waals surface area contributed by atoms with Crippen LogP contribution in [0.15, 0.2) is 18.3 Å². The molecule has 5 nitrogen and oxygen atoms in total. The van der Waals surface area contributed by atoms with Gasteiger partial charge in [0, 0.05) is 18.3 Å². The number of carboxylic acids is 1. The number of nitrogens with one attached hydrogen (secondary N) is 1. The Morgan fingerprint density at radius 3 is 2.76 bits per heavy atom. The van der Waals surface area contributed by atoms with Crippen LogP contribution in [0.5, 0.6) is 0 Å². The van der Waals surface area contributed by atoms with Gasteiger partial charge in [-0.3, -0.25) is 9.78 Å². The van der Waals surface area contributed by atoms with Gasteiger partial charge >= 0.3 is 5.97 Å². The van der Waals surface area contributed by atoms with Crippen molar-refractivity contribution in [2.45, 2.75) is 19.4 Å². The van der Waals surface area contributed by atoms with Crippen LogP contribution in [0.4, 0.5) is 0 Å². The first-order chi connectivity index (χ1) is 8.04. The van der Waals surface area contributed by atoms with E-state index in [4.69, 9.17) is 11.5 Å². The molecule has 0 aliphatic carbocycles. The van der Waals surface area contributed by atoms with E-state index in [0.29, 0.717) is 5.56 Å². The quantitative estimate of drug-likeness (QED) is 0.745. The molecule has 17 heavy (non-hydrogen) atoms. The van der Waals surface area contributed by atoms with Gasteiger partial charge in [-0.2, -0.15) is 0 Å². The van der Waals surface area contributed by atoms with E-state index in [9.17, 15) is 9.59 Å². The first-order valence-electron chi connectivity index (χ1n) is 4.94. The monoisotopic (exact) mass is 232 g/mol. The van der Waals surface area contributed by atoms with E-state index in [1.165, 1.54) is 6.20 Å². The predicted octanol–water partition coefficient (Wildman–Crippen LogP) is 0.596. The molecule has 1 atom stereocenters. The van der Waals surface area contributed by atoms with E-state index in [2.05, 4.69) is 16.2 Å². The fraction of sp³-hybridized carbons (Fsp3) is 0.250. The predicted molar refractivity (Wildman–Crippen MR) is 61.3 cm³/mol. The number of hydrogen-bond donors (Lipinski definition) is 2. The normalized spacial score (nSPS) is 11.3. The molecule has 1 aromatic rings. The van der Waals surface area contributed by atoms with Gasteiger partial charge in [0.2, 0.25) is 0 Å². The fourth-order valence-electron chi connectivity index (χ4n) is 1.16. The Bertz CT molecular complexity index is 460. The number of aromatic nitrogens is 1. The molecule has 1 amide bonds. The number of carbonyl (C=O) groups excluding carboxylic acids is 1. The zero-order chi connectivity index (χ0) is 12.8. The molecule has 0 saturated heterocycles. The molecule has 1 rings (SSSR count). The molecule has 88 valence electrons. The lowest BCUT2D eigenvalue weighted by Crippen LogP contribution is -2.40. The molecule has 0 saturated carbocycles. The first-order valence-corrected chi connectivity index (χ1v) is 4.94. The number of amides is 1.